The third kappa shape index (κ3) is 3.87. The minimum atomic E-state index is 0.0440. The summed E-state index contributed by atoms with van der Waals surface area (Å²) in [6.07, 6.45) is 9.49. The lowest BCUT2D eigenvalue weighted by Gasteiger charge is -2.37. The predicted molar refractivity (Wildman–Crippen MR) is 110 cm³/mol. The monoisotopic (exact) mass is 397 g/mol. The third-order valence-electron chi connectivity index (χ3n) is 6.50. The van der Waals surface area contributed by atoms with Gasteiger partial charge in [-0.05, 0) is 30.2 Å². The molecule has 2 aromatic heterocycles. The van der Waals surface area contributed by atoms with Gasteiger partial charge in [0.05, 0.1) is 12.7 Å². The topological polar surface area (TPSA) is 73.1 Å². The SMILES string of the molecule is COc1ccc(C(=O)N2CC(c3nncn3CC(C)C)C3(CCCCC3)C2)cn1. The summed E-state index contributed by atoms with van der Waals surface area (Å²) in [5.74, 6) is 2.37. The van der Waals surface area contributed by atoms with Crippen molar-refractivity contribution in [1.82, 2.24) is 24.6 Å². The molecule has 1 unspecified atom stereocenters. The van der Waals surface area contributed by atoms with Gasteiger partial charge < -0.3 is 14.2 Å². The summed E-state index contributed by atoms with van der Waals surface area (Å²) in [6.45, 7) is 6.81. The molecule has 2 fully saturated rings. The Balaban J connectivity index is 1.62. The van der Waals surface area contributed by atoms with Gasteiger partial charge in [0.15, 0.2) is 0 Å². The van der Waals surface area contributed by atoms with Crippen LogP contribution in [0.25, 0.3) is 0 Å². The number of ether oxygens (including phenoxy) is 1. The Labute approximate surface area is 172 Å². The minimum absolute atomic E-state index is 0.0440. The van der Waals surface area contributed by atoms with Crippen molar-refractivity contribution in [2.24, 2.45) is 11.3 Å². The standard InChI is InChI=1S/C22H31N5O2/c1-16(2)12-27-15-24-25-20(27)18-13-26(14-22(18)9-5-4-6-10-22)21(28)17-7-8-19(29-3)23-11-17/h7-8,11,15-16,18H,4-6,9-10,12-14H2,1-3H3. The van der Waals surface area contributed by atoms with Crippen LogP contribution in [0.4, 0.5) is 0 Å². The molecule has 2 aliphatic rings. The lowest BCUT2D eigenvalue weighted by Crippen LogP contribution is -2.34. The van der Waals surface area contributed by atoms with Crippen molar-refractivity contribution in [1.29, 1.82) is 0 Å². The molecule has 7 heteroatoms. The highest BCUT2D eigenvalue weighted by Crippen LogP contribution is 2.51. The number of hydrogen-bond acceptors (Lipinski definition) is 5. The number of likely N-dealkylation sites (tertiary alicyclic amines) is 1. The maximum atomic E-state index is 13.3. The van der Waals surface area contributed by atoms with E-state index in [0.717, 1.165) is 31.8 Å². The smallest absolute Gasteiger partial charge is 0.255 e. The van der Waals surface area contributed by atoms with Crippen LogP contribution in [-0.2, 0) is 6.54 Å². The van der Waals surface area contributed by atoms with E-state index >= 15 is 0 Å². The average Bonchev–Trinajstić information content (AvgIpc) is 3.32. The highest BCUT2D eigenvalue weighted by Gasteiger charge is 2.50. The fourth-order valence-electron chi connectivity index (χ4n) is 5.12. The van der Waals surface area contributed by atoms with Crippen LogP contribution in [0.3, 0.4) is 0 Å². The molecule has 2 aromatic rings. The maximum absolute atomic E-state index is 13.3. The lowest BCUT2D eigenvalue weighted by molar-refractivity contribution is 0.0757. The molecule has 1 saturated heterocycles. The Bertz CT molecular complexity index is 839. The van der Waals surface area contributed by atoms with Crippen LogP contribution in [0.15, 0.2) is 24.7 Å². The molecule has 0 N–H and O–H groups in total. The van der Waals surface area contributed by atoms with Gasteiger partial charge in [0, 0.05) is 37.8 Å². The second-order valence-corrected chi connectivity index (χ2v) is 8.99. The lowest BCUT2D eigenvalue weighted by atomic mass is 9.67. The summed E-state index contributed by atoms with van der Waals surface area (Å²) in [7, 11) is 1.58. The van der Waals surface area contributed by atoms with E-state index < -0.39 is 0 Å². The van der Waals surface area contributed by atoms with Crippen molar-refractivity contribution in [3.63, 3.8) is 0 Å². The van der Waals surface area contributed by atoms with Gasteiger partial charge in [-0.1, -0.05) is 33.1 Å². The number of pyridine rings is 1. The van der Waals surface area contributed by atoms with Crippen LogP contribution < -0.4 is 4.74 Å². The van der Waals surface area contributed by atoms with Crippen LogP contribution in [0, 0.1) is 11.3 Å². The molecule has 1 aliphatic heterocycles. The Hall–Kier alpha value is -2.44. The van der Waals surface area contributed by atoms with Crippen molar-refractivity contribution in [2.75, 3.05) is 20.2 Å². The number of nitrogens with zero attached hydrogens (tertiary/aromatic N) is 5. The average molecular weight is 398 g/mol. The van der Waals surface area contributed by atoms with E-state index in [0.29, 0.717) is 23.9 Å². The summed E-state index contributed by atoms with van der Waals surface area (Å²) in [5.41, 5.74) is 0.719. The van der Waals surface area contributed by atoms with Crippen LogP contribution in [0.1, 0.15) is 68.1 Å². The van der Waals surface area contributed by atoms with E-state index in [1.54, 1.807) is 25.4 Å². The first-order valence-corrected chi connectivity index (χ1v) is 10.7. The first-order chi connectivity index (χ1) is 14.0. The summed E-state index contributed by atoms with van der Waals surface area (Å²) >= 11 is 0. The van der Waals surface area contributed by atoms with E-state index in [1.807, 2.05) is 11.2 Å². The van der Waals surface area contributed by atoms with Crippen LogP contribution in [0.5, 0.6) is 5.88 Å². The van der Waals surface area contributed by atoms with E-state index in [9.17, 15) is 4.79 Å². The largest absolute Gasteiger partial charge is 0.481 e. The first-order valence-electron chi connectivity index (χ1n) is 10.7. The zero-order valence-corrected chi connectivity index (χ0v) is 17.7. The molecule has 1 atom stereocenters. The molecule has 4 rings (SSSR count). The summed E-state index contributed by atoms with van der Waals surface area (Å²) in [6, 6.07) is 3.55. The van der Waals surface area contributed by atoms with Gasteiger partial charge in [0.2, 0.25) is 5.88 Å². The normalized spacial score (nSPS) is 21.1. The Kier molecular flexibility index (Phi) is 5.56. The van der Waals surface area contributed by atoms with Gasteiger partial charge >= 0.3 is 0 Å². The number of carbonyl (C=O) groups excluding carboxylic acids is 1. The van der Waals surface area contributed by atoms with Crippen LogP contribution >= 0.6 is 0 Å². The van der Waals surface area contributed by atoms with Gasteiger partial charge in [-0.2, -0.15) is 0 Å². The molecule has 0 bridgehead atoms. The van der Waals surface area contributed by atoms with Crippen LogP contribution in [-0.4, -0.2) is 50.8 Å². The molecule has 0 radical (unpaired) electrons. The van der Waals surface area contributed by atoms with E-state index in [4.69, 9.17) is 4.74 Å². The molecule has 1 aliphatic carbocycles. The molecule has 1 amide bonds. The number of rotatable bonds is 5. The highest BCUT2D eigenvalue weighted by atomic mass is 16.5. The second kappa shape index (κ2) is 8.13. The van der Waals surface area contributed by atoms with Gasteiger partial charge in [-0.15, -0.1) is 10.2 Å². The molecule has 3 heterocycles. The molecular weight excluding hydrogens is 366 g/mol. The van der Waals surface area contributed by atoms with Gasteiger partial charge in [-0.25, -0.2) is 4.98 Å². The van der Waals surface area contributed by atoms with E-state index in [2.05, 4.69) is 33.6 Å². The summed E-state index contributed by atoms with van der Waals surface area (Å²) in [4.78, 5) is 19.5. The number of methoxy groups -OCH3 is 1. The quantitative estimate of drug-likeness (QED) is 0.772. The van der Waals surface area contributed by atoms with Crippen molar-refractivity contribution in [3.05, 3.63) is 36.0 Å². The minimum Gasteiger partial charge on any atom is -0.481 e. The number of carbonyl (C=O) groups is 1. The molecule has 156 valence electrons. The van der Waals surface area contributed by atoms with Gasteiger partial charge in [-0.3, -0.25) is 4.79 Å². The Morgan fingerprint density at radius 3 is 2.72 bits per heavy atom. The number of aromatic nitrogens is 4. The van der Waals surface area contributed by atoms with Gasteiger partial charge in [0.1, 0.15) is 12.2 Å². The predicted octanol–water partition coefficient (Wildman–Crippen LogP) is 3.53. The fraction of sp³-hybridized carbons (Fsp3) is 0.636. The maximum Gasteiger partial charge on any atom is 0.255 e. The van der Waals surface area contributed by atoms with Gasteiger partial charge in [0.25, 0.3) is 5.91 Å². The summed E-state index contributed by atoms with van der Waals surface area (Å²) in [5, 5.41) is 8.77. The second-order valence-electron chi connectivity index (χ2n) is 8.99. The highest BCUT2D eigenvalue weighted by molar-refractivity contribution is 5.94. The van der Waals surface area contributed by atoms with E-state index in [1.165, 1.54) is 19.3 Å². The molecule has 29 heavy (non-hydrogen) atoms. The first kappa shape index (κ1) is 19.9. The Morgan fingerprint density at radius 2 is 2.07 bits per heavy atom. The zero-order valence-electron chi connectivity index (χ0n) is 17.7. The molecular formula is C22H31N5O2. The van der Waals surface area contributed by atoms with Crippen molar-refractivity contribution < 1.29 is 9.53 Å². The Morgan fingerprint density at radius 1 is 1.28 bits per heavy atom. The van der Waals surface area contributed by atoms with Crippen LogP contribution in [0.2, 0.25) is 0 Å². The van der Waals surface area contributed by atoms with Crippen molar-refractivity contribution >= 4 is 5.91 Å². The number of amides is 1. The fourth-order valence-corrected chi connectivity index (χ4v) is 5.12. The zero-order chi connectivity index (χ0) is 20.4. The number of hydrogen-bond donors (Lipinski definition) is 0. The van der Waals surface area contributed by atoms with Crippen molar-refractivity contribution in [3.8, 4) is 5.88 Å². The molecule has 1 saturated carbocycles. The molecule has 1 spiro atoms. The van der Waals surface area contributed by atoms with E-state index in [-0.39, 0.29) is 17.2 Å². The van der Waals surface area contributed by atoms with Crippen molar-refractivity contribution in [2.45, 2.75) is 58.4 Å². The molecule has 0 aromatic carbocycles. The summed E-state index contributed by atoms with van der Waals surface area (Å²) < 4.78 is 7.32. The third-order valence-corrected chi connectivity index (χ3v) is 6.50. The molecule has 7 nitrogen and oxygen atoms in total.